The molecule has 2 amide bonds. The number of rotatable bonds is 3. The number of ether oxygens (including phenoxy) is 1. The van der Waals surface area contributed by atoms with Crippen LogP contribution in [-0.2, 0) is 9.59 Å². The van der Waals surface area contributed by atoms with Crippen molar-refractivity contribution in [2.24, 2.45) is 23.2 Å². The first-order valence-corrected chi connectivity index (χ1v) is 7.87. The van der Waals surface area contributed by atoms with Crippen LogP contribution < -0.4 is 9.64 Å². The van der Waals surface area contributed by atoms with Gasteiger partial charge in [0.25, 0.3) is 0 Å². The Bertz CT molecular complexity index is 678. The van der Waals surface area contributed by atoms with E-state index in [4.69, 9.17) is 4.74 Å². The molecule has 4 atom stereocenters. The van der Waals surface area contributed by atoms with E-state index in [-0.39, 0.29) is 29.6 Å². The maximum Gasteiger partial charge on any atom is 0.241 e. The molecule has 2 bridgehead atoms. The number of hydrogen-bond donors (Lipinski definition) is 0. The zero-order valence-corrected chi connectivity index (χ0v) is 12.8. The molecule has 1 aromatic carbocycles. The molecule has 1 saturated heterocycles. The highest BCUT2D eigenvalue weighted by atomic mass is 16.5. The highest BCUT2D eigenvalue weighted by Crippen LogP contribution is 2.60. The van der Waals surface area contributed by atoms with E-state index < -0.39 is 5.41 Å². The van der Waals surface area contributed by atoms with Crippen molar-refractivity contribution in [1.82, 2.24) is 0 Å². The van der Waals surface area contributed by atoms with Crippen LogP contribution in [0.25, 0.3) is 0 Å². The quantitative estimate of drug-likeness (QED) is 0.636. The second kappa shape index (κ2) is 4.45. The maximum absolute atomic E-state index is 13.0. The first kappa shape index (κ1) is 13.6. The number of amides is 2. The third-order valence-corrected chi connectivity index (χ3v) is 5.52. The molecule has 1 heterocycles. The standard InChI is InChI=1S/C18H19NO3/c1-3-22-14-8-6-13(7-9-14)19-16(20)15-11-4-5-12(10-11)18(15,2)17(19)21/h4-9,11-12,15H,3,10H2,1-2H3/t11-,12-,15-,18+/m1/s1. The summed E-state index contributed by atoms with van der Waals surface area (Å²) in [5.41, 5.74) is 0.0863. The molecular formula is C18H19NO3. The molecule has 0 N–H and O–H groups in total. The fourth-order valence-corrected chi connectivity index (χ4v) is 4.41. The van der Waals surface area contributed by atoms with E-state index in [1.807, 2.05) is 26.0 Å². The maximum atomic E-state index is 13.0. The molecule has 0 radical (unpaired) electrons. The number of imide groups is 1. The molecule has 3 aliphatic rings. The van der Waals surface area contributed by atoms with Crippen LogP contribution in [0.15, 0.2) is 36.4 Å². The molecule has 4 nitrogen and oxygen atoms in total. The van der Waals surface area contributed by atoms with Crippen LogP contribution >= 0.6 is 0 Å². The molecule has 4 rings (SSSR count). The van der Waals surface area contributed by atoms with Gasteiger partial charge < -0.3 is 4.74 Å². The first-order chi connectivity index (χ1) is 10.6. The molecule has 1 aliphatic heterocycles. The van der Waals surface area contributed by atoms with Crippen LogP contribution in [0.5, 0.6) is 5.75 Å². The molecule has 1 saturated carbocycles. The van der Waals surface area contributed by atoms with Crippen LogP contribution in [0.2, 0.25) is 0 Å². The number of carbonyl (C=O) groups excluding carboxylic acids is 2. The van der Waals surface area contributed by atoms with Gasteiger partial charge in [0.05, 0.1) is 23.6 Å². The van der Waals surface area contributed by atoms with Gasteiger partial charge in [0.15, 0.2) is 0 Å². The normalized spacial score (nSPS) is 35.4. The van der Waals surface area contributed by atoms with Crippen molar-refractivity contribution in [1.29, 1.82) is 0 Å². The minimum atomic E-state index is -0.560. The number of allylic oxidation sites excluding steroid dienone is 2. The SMILES string of the molecule is CCOc1ccc(N2C(=O)[C@H]3[C@@H]4C=C[C@H](C4)[C@]3(C)C2=O)cc1. The summed E-state index contributed by atoms with van der Waals surface area (Å²) in [5.74, 6) is 0.878. The Morgan fingerprint density at radius 3 is 2.59 bits per heavy atom. The number of fused-ring (bicyclic) bond motifs is 5. The van der Waals surface area contributed by atoms with Gasteiger partial charge in [-0.3, -0.25) is 9.59 Å². The van der Waals surface area contributed by atoms with Gasteiger partial charge in [-0.25, -0.2) is 4.90 Å². The lowest BCUT2D eigenvalue weighted by Crippen LogP contribution is -2.37. The van der Waals surface area contributed by atoms with E-state index in [9.17, 15) is 9.59 Å². The van der Waals surface area contributed by atoms with Crippen LogP contribution in [0.3, 0.4) is 0 Å². The van der Waals surface area contributed by atoms with Crippen LogP contribution in [0.4, 0.5) is 5.69 Å². The summed E-state index contributed by atoms with van der Waals surface area (Å²) in [5, 5.41) is 0. The number of benzene rings is 1. The average Bonchev–Trinajstić information content (AvgIpc) is 3.14. The molecule has 0 unspecified atom stereocenters. The fraction of sp³-hybridized carbons (Fsp3) is 0.444. The number of anilines is 1. The molecule has 4 heteroatoms. The molecule has 114 valence electrons. The summed E-state index contributed by atoms with van der Waals surface area (Å²) in [6.45, 7) is 4.48. The number of carbonyl (C=O) groups is 2. The number of nitrogens with zero attached hydrogens (tertiary/aromatic N) is 1. The van der Waals surface area contributed by atoms with Gasteiger partial charge in [-0.05, 0) is 56.4 Å². The van der Waals surface area contributed by atoms with E-state index in [0.29, 0.717) is 12.3 Å². The Labute approximate surface area is 129 Å². The van der Waals surface area contributed by atoms with Gasteiger partial charge in [-0.15, -0.1) is 0 Å². The third-order valence-electron chi connectivity index (χ3n) is 5.52. The van der Waals surface area contributed by atoms with Crippen LogP contribution in [-0.4, -0.2) is 18.4 Å². The van der Waals surface area contributed by atoms with Crippen molar-refractivity contribution < 1.29 is 14.3 Å². The third kappa shape index (κ3) is 1.52. The summed E-state index contributed by atoms with van der Waals surface area (Å²) in [6, 6.07) is 7.20. The Morgan fingerprint density at radius 2 is 1.95 bits per heavy atom. The van der Waals surface area contributed by atoms with Crippen molar-refractivity contribution in [2.45, 2.75) is 20.3 Å². The van der Waals surface area contributed by atoms with Crippen molar-refractivity contribution in [3.05, 3.63) is 36.4 Å². The fourth-order valence-electron chi connectivity index (χ4n) is 4.41. The summed E-state index contributed by atoms with van der Waals surface area (Å²) in [6.07, 6.45) is 5.17. The predicted octanol–water partition coefficient (Wildman–Crippen LogP) is 2.79. The first-order valence-electron chi connectivity index (χ1n) is 7.87. The predicted molar refractivity (Wildman–Crippen MR) is 82.4 cm³/mol. The monoisotopic (exact) mass is 297 g/mol. The summed E-state index contributed by atoms with van der Waals surface area (Å²) < 4.78 is 5.42. The lowest BCUT2D eigenvalue weighted by atomic mass is 9.71. The minimum Gasteiger partial charge on any atom is -0.494 e. The molecule has 1 aromatic rings. The van der Waals surface area contributed by atoms with E-state index in [1.165, 1.54) is 4.90 Å². The summed E-state index contributed by atoms with van der Waals surface area (Å²) in [7, 11) is 0. The zero-order chi connectivity index (χ0) is 15.5. The second-order valence-electron chi connectivity index (χ2n) is 6.56. The van der Waals surface area contributed by atoms with E-state index in [0.717, 1.165) is 12.2 Å². The van der Waals surface area contributed by atoms with E-state index in [2.05, 4.69) is 12.2 Å². The van der Waals surface area contributed by atoms with E-state index >= 15 is 0 Å². The highest BCUT2D eigenvalue weighted by molar-refractivity contribution is 6.24. The Morgan fingerprint density at radius 1 is 1.23 bits per heavy atom. The van der Waals surface area contributed by atoms with Gasteiger partial charge >= 0.3 is 0 Å². The van der Waals surface area contributed by atoms with Gasteiger partial charge in [0, 0.05) is 0 Å². The van der Waals surface area contributed by atoms with Crippen molar-refractivity contribution in [3.63, 3.8) is 0 Å². The molecular weight excluding hydrogens is 278 g/mol. The van der Waals surface area contributed by atoms with Gasteiger partial charge in [-0.1, -0.05) is 12.2 Å². The van der Waals surface area contributed by atoms with Gasteiger partial charge in [-0.2, -0.15) is 0 Å². The second-order valence-corrected chi connectivity index (χ2v) is 6.56. The Balaban J connectivity index is 1.70. The molecule has 22 heavy (non-hydrogen) atoms. The lowest BCUT2D eigenvalue weighted by molar-refractivity contribution is -0.127. The van der Waals surface area contributed by atoms with Crippen LogP contribution in [0.1, 0.15) is 20.3 Å². The zero-order valence-electron chi connectivity index (χ0n) is 12.8. The van der Waals surface area contributed by atoms with Crippen molar-refractivity contribution >= 4 is 17.5 Å². The summed E-state index contributed by atoms with van der Waals surface area (Å²) >= 11 is 0. The summed E-state index contributed by atoms with van der Waals surface area (Å²) in [4.78, 5) is 27.2. The topological polar surface area (TPSA) is 46.6 Å². The van der Waals surface area contributed by atoms with Crippen molar-refractivity contribution in [3.8, 4) is 5.75 Å². The minimum absolute atomic E-state index is 0.0477. The Kier molecular flexibility index (Phi) is 2.74. The van der Waals surface area contributed by atoms with Crippen LogP contribution in [0, 0.1) is 23.2 Å². The molecule has 2 aliphatic carbocycles. The molecule has 2 fully saturated rings. The largest absolute Gasteiger partial charge is 0.494 e. The lowest BCUT2D eigenvalue weighted by Gasteiger charge is -2.28. The average molecular weight is 297 g/mol. The van der Waals surface area contributed by atoms with Gasteiger partial charge in [0.1, 0.15) is 5.75 Å². The smallest absolute Gasteiger partial charge is 0.241 e. The van der Waals surface area contributed by atoms with Gasteiger partial charge in [0.2, 0.25) is 11.8 Å². The van der Waals surface area contributed by atoms with Crippen molar-refractivity contribution in [2.75, 3.05) is 11.5 Å². The number of hydrogen-bond acceptors (Lipinski definition) is 3. The Hall–Kier alpha value is -2.10. The highest BCUT2D eigenvalue weighted by Gasteiger charge is 2.67. The molecule has 0 spiro atoms. The molecule has 0 aromatic heterocycles. The van der Waals surface area contributed by atoms with E-state index in [1.54, 1.807) is 12.1 Å².